The lowest BCUT2D eigenvalue weighted by Gasteiger charge is -2.34. The van der Waals surface area contributed by atoms with Gasteiger partial charge in [-0.25, -0.2) is 0 Å². The molecule has 3 heterocycles. The maximum absolute atomic E-state index is 12.9. The molecule has 1 atom stereocenters. The summed E-state index contributed by atoms with van der Waals surface area (Å²) in [5.41, 5.74) is 1.65. The van der Waals surface area contributed by atoms with Crippen LogP contribution in [0.3, 0.4) is 0 Å². The molecule has 1 aromatic heterocycles. The monoisotopic (exact) mass is 396 g/mol. The molecule has 0 saturated carbocycles. The molecule has 4 rings (SSSR count). The van der Waals surface area contributed by atoms with E-state index in [0.29, 0.717) is 17.0 Å². The predicted octanol–water partition coefficient (Wildman–Crippen LogP) is 1.45. The number of aromatic amines is 1. The lowest BCUT2D eigenvalue weighted by molar-refractivity contribution is -0.127. The zero-order valence-corrected chi connectivity index (χ0v) is 16.3. The number of amides is 2. The van der Waals surface area contributed by atoms with E-state index >= 15 is 0 Å². The van der Waals surface area contributed by atoms with Crippen LogP contribution in [0.25, 0.3) is 0 Å². The zero-order chi connectivity index (χ0) is 20.4. The van der Waals surface area contributed by atoms with Crippen LogP contribution < -0.4 is 15.0 Å². The first kappa shape index (κ1) is 19.0. The average Bonchev–Trinajstić information content (AvgIpc) is 3.45. The molecule has 0 aliphatic carbocycles. The Kier molecular flexibility index (Phi) is 5.24. The minimum atomic E-state index is -0.693. The molecule has 2 aromatic rings. The van der Waals surface area contributed by atoms with Crippen molar-refractivity contribution in [2.24, 2.45) is 0 Å². The highest BCUT2D eigenvalue weighted by atomic mass is 16.5. The van der Waals surface area contributed by atoms with Gasteiger partial charge in [0.05, 0.1) is 18.8 Å². The molecular weight excluding hydrogens is 372 g/mol. The van der Waals surface area contributed by atoms with Crippen LogP contribution in [0.5, 0.6) is 5.75 Å². The lowest BCUT2D eigenvalue weighted by Crippen LogP contribution is -2.49. The molecule has 1 fully saturated rings. The molecule has 1 unspecified atom stereocenters. The SMILES string of the molecule is CNC(=O)C1CN(CC(=O)c2c[nH]c(C(=O)N3CCCC3)c2)c2ccccc2O1. The van der Waals surface area contributed by atoms with E-state index < -0.39 is 6.10 Å². The second kappa shape index (κ2) is 7.98. The summed E-state index contributed by atoms with van der Waals surface area (Å²) in [7, 11) is 1.56. The van der Waals surface area contributed by atoms with Gasteiger partial charge in [0.15, 0.2) is 11.9 Å². The quantitative estimate of drug-likeness (QED) is 0.746. The van der Waals surface area contributed by atoms with Crippen LogP contribution >= 0.6 is 0 Å². The molecule has 1 aromatic carbocycles. The molecule has 152 valence electrons. The molecule has 29 heavy (non-hydrogen) atoms. The minimum absolute atomic E-state index is 0.0713. The number of ketones is 1. The molecular formula is C21H24N4O4. The van der Waals surface area contributed by atoms with E-state index in [4.69, 9.17) is 4.74 Å². The van der Waals surface area contributed by atoms with Crippen molar-refractivity contribution in [3.8, 4) is 5.75 Å². The summed E-state index contributed by atoms with van der Waals surface area (Å²) in [5.74, 6) is 0.128. The topological polar surface area (TPSA) is 94.7 Å². The Labute approximate surface area is 168 Å². The molecule has 0 bridgehead atoms. The van der Waals surface area contributed by atoms with Gasteiger partial charge in [-0.1, -0.05) is 12.1 Å². The van der Waals surface area contributed by atoms with Crippen molar-refractivity contribution in [3.05, 3.63) is 47.8 Å². The van der Waals surface area contributed by atoms with E-state index in [1.807, 2.05) is 23.1 Å². The fourth-order valence-corrected chi connectivity index (χ4v) is 3.79. The zero-order valence-electron chi connectivity index (χ0n) is 16.3. The number of likely N-dealkylation sites (N-methyl/N-ethyl adjacent to an activating group) is 1. The van der Waals surface area contributed by atoms with Crippen molar-refractivity contribution in [3.63, 3.8) is 0 Å². The van der Waals surface area contributed by atoms with Crippen LogP contribution in [-0.4, -0.2) is 66.8 Å². The highest BCUT2D eigenvalue weighted by Gasteiger charge is 2.31. The predicted molar refractivity (Wildman–Crippen MR) is 107 cm³/mol. The lowest BCUT2D eigenvalue weighted by atomic mass is 10.1. The van der Waals surface area contributed by atoms with E-state index in [1.54, 1.807) is 30.3 Å². The van der Waals surface area contributed by atoms with Crippen molar-refractivity contribution in [2.75, 3.05) is 38.1 Å². The van der Waals surface area contributed by atoms with Gasteiger partial charge in [-0.05, 0) is 31.0 Å². The fraction of sp³-hybridized carbons (Fsp3) is 0.381. The van der Waals surface area contributed by atoms with Crippen LogP contribution in [0.1, 0.15) is 33.7 Å². The van der Waals surface area contributed by atoms with Crippen molar-refractivity contribution in [2.45, 2.75) is 18.9 Å². The fourth-order valence-electron chi connectivity index (χ4n) is 3.79. The first-order valence-corrected chi connectivity index (χ1v) is 9.80. The van der Waals surface area contributed by atoms with Crippen molar-refractivity contribution < 1.29 is 19.1 Å². The third kappa shape index (κ3) is 3.83. The van der Waals surface area contributed by atoms with Crippen molar-refractivity contribution >= 4 is 23.3 Å². The summed E-state index contributed by atoms with van der Waals surface area (Å²) in [6.45, 7) is 1.87. The number of anilines is 1. The maximum atomic E-state index is 12.9. The number of fused-ring (bicyclic) bond motifs is 1. The Morgan fingerprint density at radius 1 is 1.21 bits per heavy atom. The standard InChI is InChI=1S/C21H24N4O4/c1-22-20(27)19-13-25(16-6-2-3-7-18(16)29-19)12-17(26)14-10-15(23-11-14)21(28)24-8-4-5-9-24/h2-3,6-7,10-11,19,23H,4-5,8-9,12-13H2,1H3,(H,22,27). The van der Waals surface area contributed by atoms with E-state index in [0.717, 1.165) is 31.6 Å². The van der Waals surface area contributed by atoms with E-state index in [1.165, 1.54) is 0 Å². The Morgan fingerprint density at radius 2 is 1.97 bits per heavy atom. The molecule has 0 radical (unpaired) electrons. The van der Waals surface area contributed by atoms with Gasteiger partial charge < -0.3 is 24.8 Å². The normalized spacial score (nSPS) is 18.2. The summed E-state index contributed by atoms with van der Waals surface area (Å²) < 4.78 is 5.77. The van der Waals surface area contributed by atoms with Gasteiger partial charge in [0.1, 0.15) is 11.4 Å². The Morgan fingerprint density at radius 3 is 2.72 bits per heavy atom. The number of carbonyl (C=O) groups is 3. The van der Waals surface area contributed by atoms with Crippen LogP contribution in [-0.2, 0) is 4.79 Å². The van der Waals surface area contributed by atoms with Crippen LogP contribution in [0, 0.1) is 0 Å². The molecule has 8 nitrogen and oxygen atoms in total. The van der Waals surface area contributed by atoms with E-state index in [-0.39, 0.29) is 30.7 Å². The van der Waals surface area contributed by atoms with Gasteiger partial charge in [0.25, 0.3) is 11.8 Å². The first-order chi connectivity index (χ1) is 14.1. The smallest absolute Gasteiger partial charge is 0.270 e. The van der Waals surface area contributed by atoms with E-state index in [9.17, 15) is 14.4 Å². The summed E-state index contributed by atoms with van der Waals surface area (Å²) in [6, 6.07) is 8.95. The number of ether oxygens (including phenoxy) is 1. The highest BCUT2D eigenvalue weighted by Crippen LogP contribution is 2.33. The maximum Gasteiger partial charge on any atom is 0.270 e. The first-order valence-electron chi connectivity index (χ1n) is 9.80. The molecule has 2 aliphatic rings. The van der Waals surface area contributed by atoms with Gasteiger partial charge in [-0.3, -0.25) is 14.4 Å². The summed E-state index contributed by atoms with van der Waals surface area (Å²) >= 11 is 0. The number of carbonyl (C=O) groups excluding carboxylic acids is 3. The molecule has 1 saturated heterocycles. The number of rotatable bonds is 5. The Balaban J connectivity index is 1.50. The van der Waals surface area contributed by atoms with Gasteiger partial charge >= 0.3 is 0 Å². The number of likely N-dealkylation sites (tertiary alicyclic amines) is 1. The minimum Gasteiger partial charge on any atom is -0.477 e. The molecule has 8 heteroatoms. The molecule has 2 aliphatic heterocycles. The number of nitrogens with one attached hydrogen (secondary N) is 2. The number of hydrogen-bond acceptors (Lipinski definition) is 5. The van der Waals surface area contributed by atoms with Crippen molar-refractivity contribution in [1.29, 1.82) is 0 Å². The number of Topliss-reactive ketones (excluding diaryl/α,β-unsaturated/α-hetero) is 1. The third-order valence-corrected chi connectivity index (χ3v) is 5.36. The molecule has 0 spiro atoms. The van der Waals surface area contributed by atoms with Gasteiger partial charge in [0.2, 0.25) is 0 Å². The Bertz CT molecular complexity index is 932. The number of hydrogen-bond donors (Lipinski definition) is 2. The second-order valence-electron chi connectivity index (χ2n) is 7.29. The van der Waals surface area contributed by atoms with E-state index in [2.05, 4.69) is 10.3 Å². The molecule has 2 N–H and O–H groups in total. The number of nitrogens with zero attached hydrogens (tertiary/aromatic N) is 2. The van der Waals surface area contributed by atoms with Gasteiger partial charge in [-0.2, -0.15) is 0 Å². The summed E-state index contributed by atoms with van der Waals surface area (Å²) in [4.78, 5) is 44.1. The number of benzene rings is 1. The summed E-state index contributed by atoms with van der Waals surface area (Å²) in [6.07, 6.45) is 2.91. The van der Waals surface area contributed by atoms with Crippen LogP contribution in [0.2, 0.25) is 0 Å². The largest absolute Gasteiger partial charge is 0.477 e. The van der Waals surface area contributed by atoms with Crippen LogP contribution in [0.4, 0.5) is 5.69 Å². The highest BCUT2D eigenvalue weighted by molar-refractivity contribution is 6.02. The third-order valence-electron chi connectivity index (χ3n) is 5.36. The summed E-state index contributed by atoms with van der Waals surface area (Å²) in [5, 5.41) is 2.59. The second-order valence-corrected chi connectivity index (χ2v) is 7.29. The van der Waals surface area contributed by atoms with Gasteiger partial charge in [0, 0.05) is 31.9 Å². The number of para-hydroxylation sites is 2. The number of H-pyrrole nitrogens is 1. The molecule has 2 amide bonds. The number of aromatic nitrogens is 1. The Hall–Kier alpha value is -3.29. The average molecular weight is 396 g/mol. The van der Waals surface area contributed by atoms with Crippen molar-refractivity contribution in [1.82, 2.24) is 15.2 Å². The van der Waals surface area contributed by atoms with Crippen LogP contribution in [0.15, 0.2) is 36.5 Å². The van der Waals surface area contributed by atoms with Gasteiger partial charge in [-0.15, -0.1) is 0 Å².